The number of hydrogen-bond donors (Lipinski definition) is 2. The zero-order valence-corrected chi connectivity index (χ0v) is 9.70. The molecular weight excluding hydrogens is 216 g/mol. The van der Waals surface area contributed by atoms with E-state index in [0.717, 1.165) is 0 Å². The fraction of sp³-hybridized carbons (Fsp3) is 1.00. The average molecular weight is 236 g/mol. The lowest BCUT2D eigenvalue weighted by Gasteiger charge is -2.39. The summed E-state index contributed by atoms with van der Waals surface area (Å²) in [7, 11) is 0. The van der Waals surface area contributed by atoms with Crippen molar-refractivity contribution in [2.75, 3.05) is 33.3 Å². The van der Waals surface area contributed by atoms with Crippen molar-refractivity contribution >= 4 is 0 Å². The van der Waals surface area contributed by atoms with E-state index in [1.807, 2.05) is 6.92 Å². The van der Waals surface area contributed by atoms with Crippen LogP contribution in [0.1, 0.15) is 13.8 Å². The highest BCUT2D eigenvalue weighted by atomic mass is 16.7. The number of aliphatic hydroxyl groups is 2. The molecule has 96 valence electrons. The summed E-state index contributed by atoms with van der Waals surface area (Å²) in [4.78, 5) is 1.39. The summed E-state index contributed by atoms with van der Waals surface area (Å²) in [6, 6.07) is 0. The second-order valence-corrected chi connectivity index (χ2v) is 3.75. The fourth-order valence-electron chi connectivity index (χ4n) is 1.60. The maximum atomic E-state index is 12.1. The molecule has 0 aromatic carbocycles. The molecule has 1 heterocycles. The van der Waals surface area contributed by atoms with Gasteiger partial charge in [0.2, 0.25) is 6.23 Å². The van der Waals surface area contributed by atoms with Gasteiger partial charge >= 0.3 is 0 Å². The summed E-state index contributed by atoms with van der Waals surface area (Å²) >= 11 is 0. The van der Waals surface area contributed by atoms with Gasteiger partial charge in [-0.25, -0.2) is 0 Å². The van der Waals surface area contributed by atoms with E-state index in [-0.39, 0.29) is 20.1 Å². The largest absolute Gasteiger partial charge is 0.628 e. The van der Waals surface area contributed by atoms with Crippen molar-refractivity contribution in [1.82, 2.24) is 4.90 Å². The highest BCUT2D eigenvalue weighted by Crippen LogP contribution is 2.24. The number of nitrogens with zero attached hydrogens (tertiary/aromatic N) is 2. The number of aliphatic hydroxyl groups excluding tert-OH is 2. The minimum Gasteiger partial charge on any atom is -0.628 e. The van der Waals surface area contributed by atoms with E-state index in [1.54, 1.807) is 6.92 Å². The van der Waals surface area contributed by atoms with Crippen molar-refractivity contribution in [3.8, 4) is 0 Å². The lowest BCUT2D eigenvalue weighted by molar-refractivity contribution is -0.936. The van der Waals surface area contributed by atoms with Crippen LogP contribution in [0.25, 0.3) is 0 Å². The number of ether oxygens (including phenoxy) is 2. The third-order valence-electron chi connectivity index (χ3n) is 2.52. The fourth-order valence-corrected chi connectivity index (χ4v) is 1.60. The predicted molar refractivity (Wildman–Crippen MR) is 55.3 cm³/mol. The van der Waals surface area contributed by atoms with E-state index >= 15 is 0 Å². The van der Waals surface area contributed by atoms with E-state index in [4.69, 9.17) is 9.47 Å². The number of rotatable bonds is 6. The monoisotopic (exact) mass is 236 g/mol. The van der Waals surface area contributed by atoms with Crippen LogP contribution in [0.5, 0.6) is 0 Å². The zero-order valence-electron chi connectivity index (χ0n) is 9.70. The van der Waals surface area contributed by atoms with Crippen LogP contribution in [0.2, 0.25) is 0 Å². The maximum absolute atomic E-state index is 12.1. The first-order valence-corrected chi connectivity index (χ1v) is 5.38. The average Bonchev–Trinajstić information content (AvgIpc) is 2.49. The number of hydrogen-bond acceptors (Lipinski definition) is 6. The maximum Gasteiger partial charge on any atom is 0.234 e. The first-order chi connectivity index (χ1) is 7.55. The summed E-state index contributed by atoms with van der Waals surface area (Å²) in [5, 5.41) is 31.4. The Hall–Kier alpha value is -0.280. The molecule has 0 saturated carbocycles. The molecule has 1 rings (SSSR count). The van der Waals surface area contributed by atoms with Crippen LogP contribution >= 0.6 is 0 Å². The van der Waals surface area contributed by atoms with Crippen molar-refractivity contribution < 1.29 is 24.3 Å². The molecule has 0 spiro atoms. The number of hydroxylamine groups is 3. The van der Waals surface area contributed by atoms with Gasteiger partial charge in [-0.3, -0.25) is 4.65 Å². The van der Waals surface area contributed by atoms with Crippen LogP contribution in [0.3, 0.4) is 0 Å². The van der Waals surface area contributed by atoms with Gasteiger partial charge in [0.05, 0.1) is 0 Å². The lowest BCUT2D eigenvalue weighted by Crippen LogP contribution is -2.50. The quantitative estimate of drug-likeness (QED) is 0.464. The second kappa shape index (κ2) is 5.87. The Balaban J connectivity index is 2.55. The van der Waals surface area contributed by atoms with Crippen molar-refractivity contribution in [3.05, 3.63) is 5.21 Å². The summed E-state index contributed by atoms with van der Waals surface area (Å²) in [6.07, 6.45) is -2.61. The topological polar surface area (TPSA) is 85.2 Å². The van der Waals surface area contributed by atoms with Crippen LogP contribution in [-0.4, -0.2) is 65.6 Å². The first kappa shape index (κ1) is 13.8. The smallest absolute Gasteiger partial charge is 0.234 e. The summed E-state index contributed by atoms with van der Waals surface area (Å²) in [5.41, 5.74) is 0. The lowest BCUT2D eigenvalue weighted by atomic mass is 10.5. The zero-order chi connectivity index (χ0) is 12.2. The Kier molecular flexibility index (Phi) is 5.06. The molecule has 1 saturated heterocycles. The van der Waals surface area contributed by atoms with Crippen LogP contribution in [0.15, 0.2) is 0 Å². The normalized spacial score (nSPS) is 35.8. The molecule has 2 N–H and O–H groups in total. The van der Waals surface area contributed by atoms with Gasteiger partial charge in [-0.2, -0.15) is 4.90 Å². The Morgan fingerprint density at radius 2 is 1.94 bits per heavy atom. The van der Waals surface area contributed by atoms with Gasteiger partial charge in [-0.1, -0.05) is 0 Å². The number of quaternary nitrogens is 1. The molecule has 1 fully saturated rings. The molecule has 0 aliphatic carbocycles. The van der Waals surface area contributed by atoms with Crippen LogP contribution in [0, 0.1) is 5.21 Å². The van der Waals surface area contributed by atoms with Gasteiger partial charge in [0.1, 0.15) is 13.4 Å². The highest BCUT2D eigenvalue weighted by molar-refractivity contribution is 4.67. The molecule has 7 nitrogen and oxygen atoms in total. The van der Waals surface area contributed by atoms with Gasteiger partial charge in [0.25, 0.3) is 0 Å². The standard InChI is InChI=1S/C9H20N2O5/c1-3-15-6-10-5-11(14,7-16-4-2)9(13)8(10)12/h8-9,12-13H,3-7H2,1-2H3. The van der Waals surface area contributed by atoms with Crippen molar-refractivity contribution in [3.63, 3.8) is 0 Å². The highest BCUT2D eigenvalue weighted by Gasteiger charge is 2.46. The van der Waals surface area contributed by atoms with Crippen molar-refractivity contribution in [1.29, 1.82) is 0 Å². The van der Waals surface area contributed by atoms with Gasteiger partial charge in [-0.15, -0.1) is 0 Å². The van der Waals surface area contributed by atoms with Gasteiger partial charge in [0, 0.05) is 13.2 Å². The van der Waals surface area contributed by atoms with Crippen molar-refractivity contribution in [2.45, 2.75) is 26.3 Å². The van der Waals surface area contributed by atoms with Crippen LogP contribution < -0.4 is 0 Å². The van der Waals surface area contributed by atoms with Crippen LogP contribution in [-0.2, 0) is 9.47 Å². The predicted octanol–water partition coefficient (Wildman–Crippen LogP) is -0.801. The van der Waals surface area contributed by atoms with E-state index in [2.05, 4.69) is 0 Å². The molecule has 1 aliphatic heterocycles. The summed E-state index contributed by atoms with van der Waals surface area (Å²) < 4.78 is 9.13. The van der Waals surface area contributed by atoms with E-state index in [0.29, 0.717) is 13.2 Å². The molecule has 0 aromatic heterocycles. The third kappa shape index (κ3) is 2.89. The summed E-state index contributed by atoms with van der Waals surface area (Å²) in [6.45, 7) is 4.39. The molecule has 0 radical (unpaired) electrons. The van der Waals surface area contributed by atoms with Crippen LogP contribution in [0.4, 0.5) is 0 Å². The molecule has 16 heavy (non-hydrogen) atoms. The van der Waals surface area contributed by atoms with E-state index in [1.165, 1.54) is 4.90 Å². The molecule has 7 heteroatoms. The Bertz CT molecular complexity index is 218. The van der Waals surface area contributed by atoms with Gasteiger partial charge < -0.3 is 24.9 Å². The van der Waals surface area contributed by atoms with Gasteiger partial charge in [-0.05, 0) is 13.8 Å². The second-order valence-electron chi connectivity index (χ2n) is 3.75. The SMILES string of the molecule is CCOCN1C[N+]([O-])(COCC)C(O)C1O. The molecule has 1 aliphatic rings. The molecule has 0 amide bonds. The summed E-state index contributed by atoms with van der Waals surface area (Å²) in [5.74, 6) is 0. The van der Waals surface area contributed by atoms with Crippen molar-refractivity contribution in [2.24, 2.45) is 0 Å². The minimum absolute atomic E-state index is 0.0394. The Labute approximate surface area is 94.9 Å². The van der Waals surface area contributed by atoms with Gasteiger partial charge in [0.15, 0.2) is 13.0 Å². The molecule has 0 bridgehead atoms. The van der Waals surface area contributed by atoms with E-state index in [9.17, 15) is 15.4 Å². The molecule has 3 atom stereocenters. The molecular formula is C9H20N2O5. The van der Waals surface area contributed by atoms with E-state index < -0.39 is 17.1 Å². The molecule has 0 aromatic rings. The Morgan fingerprint density at radius 1 is 1.31 bits per heavy atom. The third-order valence-corrected chi connectivity index (χ3v) is 2.52. The minimum atomic E-state index is -1.41. The first-order valence-electron chi connectivity index (χ1n) is 5.38. The Morgan fingerprint density at radius 3 is 2.50 bits per heavy atom. The molecule has 3 unspecified atom stereocenters.